The summed E-state index contributed by atoms with van der Waals surface area (Å²) in [5.41, 5.74) is 0.184. The first kappa shape index (κ1) is 25.3. The highest BCUT2D eigenvalue weighted by atomic mass is 32.2. The van der Waals surface area contributed by atoms with Gasteiger partial charge in [0.1, 0.15) is 28.6 Å². The average molecular weight is 454 g/mol. The molecule has 1 aliphatic rings. The summed E-state index contributed by atoms with van der Waals surface area (Å²) in [6.45, 7) is 9.74. The zero-order chi connectivity index (χ0) is 23.2. The molecule has 0 aliphatic carbocycles. The van der Waals surface area contributed by atoms with Gasteiger partial charge in [0.15, 0.2) is 0 Å². The molecule has 174 valence electrons. The largest absolute Gasteiger partial charge is 0.492 e. The molecule has 0 N–H and O–H groups in total. The van der Waals surface area contributed by atoms with Gasteiger partial charge in [0.2, 0.25) is 10.0 Å². The summed E-state index contributed by atoms with van der Waals surface area (Å²) >= 11 is 0. The fourth-order valence-corrected chi connectivity index (χ4v) is 5.42. The normalized spacial score (nSPS) is 18.5. The van der Waals surface area contributed by atoms with Gasteiger partial charge < -0.3 is 14.3 Å². The van der Waals surface area contributed by atoms with Crippen molar-refractivity contribution >= 4 is 22.3 Å². The lowest BCUT2D eigenvalue weighted by atomic mass is 10.00. The van der Waals surface area contributed by atoms with Crippen LogP contribution in [0.25, 0.3) is 0 Å². The Bertz CT molecular complexity index is 875. The topological polar surface area (TPSA) is 90.0 Å². The molecule has 0 bridgehead atoms. The number of ether oxygens (including phenoxy) is 2. The van der Waals surface area contributed by atoms with E-state index in [2.05, 4.69) is 0 Å². The molecule has 0 radical (unpaired) electrons. The average Bonchev–Trinajstić information content (AvgIpc) is 3.17. The van der Waals surface area contributed by atoms with Crippen LogP contribution >= 0.6 is 0 Å². The van der Waals surface area contributed by atoms with Gasteiger partial charge in [-0.25, -0.2) is 8.42 Å². The third-order valence-corrected chi connectivity index (χ3v) is 7.31. The van der Waals surface area contributed by atoms with Crippen LogP contribution in [0.4, 0.5) is 0 Å². The van der Waals surface area contributed by atoms with E-state index in [9.17, 15) is 18.0 Å². The van der Waals surface area contributed by atoms with E-state index in [-0.39, 0.29) is 23.1 Å². The minimum Gasteiger partial charge on any atom is -0.492 e. The second-order valence-electron chi connectivity index (χ2n) is 9.07. The number of carbonyl (C=O) groups excluding carboxylic acids is 2. The van der Waals surface area contributed by atoms with Crippen molar-refractivity contribution in [1.82, 2.24) is 4.31 Å². The number of esters is 1. The van der Waals surface area contributed by atoms with Crippen LogP contribution in [0, 0.1) is 12.8 Å². The molecule has 1 saturated heterocycles. The van der Waals surface area contributed by atoms with E-state index in [1.807, 2.05) is 13.8 Å². The Morgan fingerprint density at radius 1 is 1.32 bits per heavy atom. The highest BCUT2D eigenvalue weighted by Crippen LogP contribution is 2.33. The van der Waals surface area contributed by atoms with Gasteiger partial charge in [0.05, 0.1) is 6.61 Å². The number of hydrogen-bond donors (Lipinski definition) is 0. The van der Waals surface area contributed by atoms with Crippen LogP contribution < -0.4 is 4.74 Å². The van der Waals surface area contributed by atoms with Crippen LogP contribution in [-0.2, 0) is 24.3 Å². The van der Waals surface area contributed by atoms with Gasteiger partial charge in [0.25, 0.3) is 0 Å². The quantitative estimate of drug-likeness (QED) is 0.395. The summed E-state index contributed by atoms with van der Waals surface area (Å²) in [5, 5.41) is 0. The van der Waals surface area contributed by atoms with Gasteiger partial charge in [-0.2, -0.15) is 4.31 Å². The molecule has 1 fully saturated rings. The van der Waals surface area contributed by atoms with Crippen LogP contribution in [-0.4, -0.2) is 49.8 Å². The predicted octanol–water partition coefficient (Wildman–Crippen LogP) is 3.87. The second kappa shape index (κ2) is 10.6. The number of benzene rings is 1. The summed E-state index contributed by atoms with van der Waals surface area (Å²) in [6.07, 6.45) is 3.90. The van der Waals surface area contributed by atoms with E-state index in [4.69, 9.17) is 9.47 Å². The first-order valence-electron chi connectivity index (χ1n) is 10.9. The Balaban J connectivity index is 2.25. The molecule has 2 atom stereocenters. The molecular formula is C23H35NO6S. The van der Waals surface area contributed by atoms with Crippen molar-refractivity contribution in [2.75, 3.05) is 13.2 Å². The number of rotatable bonds is 10. The van der Waals surface area contributed by atoms with E-state index in [0.717, 1.165) is 18.3 Å². The van der Waals surface area contributed by atoms with E-state index < -0.39 is 27.6 Å². The third kappa shape index (κ3) is 6.77. The first-order chi connectivity index (χ1) is 14.5. The SMILES string of the molecule is CCC(CC=O)CCOc1cc(C)ccc1S(=O)(=O)N1CCC[C@H]1C(=O)OC(C)(C)C. The maximum absolute atomic E-state index is 13.5. The predicted molar refractivity (Wildman–Crippen MR) is 119 cm³/mol. The second-order valence-corrected chi connectivity index (χ2v) is 10.9. The Labute approximate surface area is 186 Å². The van der Waals surface area contributed by atoms with Crippen LogP contribution in [0.3, 0.4) is 0 Å². The molecule has 0 amide bonds. The van der Waals surface area contributed by atoms with Crippen LogP contribution in [0.1, 0.15) is 65.4 Å². The van der Waals surface area contributed by atoms with Crippen molar-refractivity contribution in [3.05, 3.63) is 23.8 Å². The third-order valence-electron chi connectivity index (χ3n) is 5.36. The molecule has 2 rings (SSSR count). The summed E-state index contributed by atoms with van der Waals surface area (Å²) in [6, 6.07) is 4.12. The molecule has 8 heteroatoms. The van der Waals surface area contributed by atoms with Gasteiger partial charge in [-0.3, -0.25) is 4.79 Å². The number of sulfonamides is 1. The number of carbonyl (C=O) groups is 2. The standard InChI is InChI=1S/C23H35NO6S/c1-6-18(11-14-25)12-15-29-20-16-17(2)9-10-21(20)31(27,28)24-13-7-8-19(24)22(26)30-23(3,4)5/h9-10,14,16,18-19H,6-8,11-13,15H2,1-5H3/t18?,19-/m0/s1. The number of hydrogen-bond acceptors (Lipinski definition) is 6. The molecule has 1 unspecified atom stereocenters. The van der Waals surface area contributed by atoms with Gasteiger partial charge in [-0.1, -0.05) is 19.4 Å². The molecule has 7 nitrogen and oxygen atoms in total. The van der Waals surface area contributed by atoms with Crippen molar-refractivity contribution in [3.63, 3.8) is 0 Å². The van der Waals surface area contributed by atoms with Crippen LogP contribution in [0.15, 0.2) is 23.1 Å². The maximum Gasteiger partial charge on any atom is 0.324 e. The molecule has 0 spiro atoms. The van der Waals surface area contributed by atoms with Gasteiger partial charge in [0, 0.05) is 13.0 Å². The summed E-state index contributed by atoms with van der Waals surface area (Å²) in [4.78, 5) is 23.5. The molecule has 31 heavy (non-hydrogen) atoms. The van der Waals surface area contributed by atoms with Gasteiger partial charge in [-0.15, -0.1) is 0 Å². The van der Waals surface area contributed by atoms with Crippen molar-refractivity contribution < 1.29 is 27.5 Å². The van der Waals surface area contributed by atoms with Crippen LogP contribution in [0.5, 0.6) is 5.75 Å². The lowest BCUT2D eigenvalue weighted by Crippen LogP contribution is -2.43. The highest BCUT2D eigenvalue weighted by Gasteiger charge is 2.42. The first-order valence-corrected chi connectivity index (χ1v) is 12.4. The Morgan fingerprint density at radius 3 is 2.65 bits per heavy atom. The molecule has 1 heterocycles. The van der Waals surface area contributed by atoms with Crippen molar-refractivity contribution in [2.24, 2.45) is 5.92 Å². The molecule has 0 saturated carbocycles. The minimum atomic E-state index is -3.95. The van der Waals surface area contributed by atoms with Gasteiger partial charge >= 0.3 is 5.97 Å². The zero-order valence-corrected chi connectivity index (χ0v) is 20.0. The number of aryl methyl sites for hydroxylation is 1. The van der Waals surface area contributed by atoms with Crippen molar-refractivity contribution in [1.29, 1.82) is 0 Å². The fraction of sp³-hybridized carbons (Fsp3) is 0.652. The summed E-state index contributed by atoms with van der Waals surface area (Å²) in [5.74, 6) is -0.0453. The van der Waals surface area contributed by atoms with E-state index in [0.29, 0.717) is 32.3 Å². The van der Waals surface area contributed by atoms with E-state index >= 15 is 0 Å². The van der Waals surface area contributed by atoms with Crippen molar-refractivity contribution in [3.8, 4) is 5.75 Å². The summed E-state index contributed by atoms with van der Waals surface area (Å²) < 4.78 is 39.6. The lowest BCUT2D eigenvalue weighted by molar-refractivity contribution is -0.158. The maximum atomic E-state index is 13.5. The minimum absolute atomic E-state index is 0.0528. The van der Waals surface area contributed by atoms with Crippen LogP contribution in [0.2, 0.25) is 0 Å². The van der Waals surface area contributed by atoms with Crippen molar-refractivity contribution in [2.45, 2.75) is 83.3 Å². The molecule has 0 aromatic heterocycles. The zero-order valence-electron chi connectivity index (χ0n) is 19.2. The molecule has 1 aliphatic heterocycles. The van der Waals surface area contributed by atoms with E-state index in [1.165, 1.54) is 10.4 Å². The molecular weight excluding hydrogens is 418 g/mol. The smallest absolute Gasteiger partial charge is 0.324 e. The summed E-state index contributed by atoms with van der Waals surface area (Å²) in [7, 11) is -3.95. The lowest BCUT2D eigenvalue weighted by Gasteiger charge is -2.27. The molecule has 1 aromatic carbocycles. The van der Waals surface area contributed by atoms with Gasteiger partial charge in [-0.05, 0) is 70.6 Å². The highest BCUT2D eigenvalue weighted by molar-refractivity contribution is 7.89. The Kier molecular flexibility index (Phi) is 8.65. The Morgan fingerprint density at radius 2 is 2.03 bits per heavy atom. The van der Waals surface area contributed by atoms with E-state index in [1.54, 1.807) is 32.9 Å². The monoisotopic (exact) mass is 453 g/mol. The molecule has 1 aromatic rings. The number of aldehydes is 1. The number of nitrogens with zero attached hydrogens (tertiary/aromatic N) is 1. The Hall–Kier alpha value is -1.93. The fourth-order valence-electron chi connectivity index (χ4n) is 3.66.